The average Bonchev–Trinajstić information content (AvgIpc) is 2.18. The predicted octanol–water partition coefficient (Wildman–Crippen LogP) is 0.574. The highest BCUT2D eigenvalue weighted by molar-refractivity contribution is 5.59. The first-order valence-electron chi connectivity index (χ1n) is 4.00. The number of benzene rings is 1. The van der Waals surface area contributed by atoms with Crippen molar-refractivity contribution in [1.29, 1.82) is 0 Å². The summed E-state index contributed by atoms with van der Waals surface area (Å²) in [5, 5.41) is 10.4. The van der Waals surface area contributed by atoms with Gasteiger partial charge in [0.1, 0.15) is 0 Å². The molecule has 5 heteroatoms. The molecule has 73 valence electrons. The van der Waals surface area contributed by atoms with Gasteiger partial charge >= 0.3 is 0 Å². The van der Waals surface area contributed by atoms with Gasteiger partial charge in [0, 0.05) is 12.1 Å². The smallest absolute Gasteiger partial charge is 0.269 e. The van der Waals surface area contributed by atoms with E-state index < -0.39 is 11.0 Å². The van der Waals surface area contributed by atoms with Crippen LogP contribution in [-0.4, -0.2) is 17.3 Å². The number of nitrogens with zero attached hydrogens (tertiary/aromatic N) is 1. The van der Waals surface area contributed by atoms with Gasteiger partial charge in [0.25, 0.3) is 5.69 Å². The zero-order valence-electron chi connectivity index (χ0n) is 7.34. The van der Waals surface area contributed by atoms with E-state index in [0.717, 1.165) is 0 Å². The summed E-state index contributed by atoms with van der Waals surface area (Å²) in [6.45, 7) is 0. The molecule has 0 amide bonds. The summed E-state index contributed by atoms with van der Waals surface area (Å²) in [5.41, 5.74) is 6.00. The van der Waals surface area contributed by atoms with E-state index >= 15 is 0 Å². The molecule has 0 spiro atoms. The summed E-state index contributed by atoms with van der Waals surface area (Å²) in [6, 6.07) is 5.31. The first kappa shape index (κ1) is 10.3. The van der Waals surface area contributed by atoms with Crippen LogP contribution >= 0.6 is 0 Å². The number of non-ortho nitro benzene ring substituents is 1. The molecule has 0 aliphatic heterocycles. The Morgan fingerprint density at radius 1 is 1.57 bits per heavy atom. The SMILES string of the molecule is N[C@H]([C]=O)Cc1cccc([N+](=O)[O-])c1. The monoisotopic (exact) mass is 193 g/mol. The van der Waals surface area contributed by atoms with Gasteiger partial charge in [-0.15, -0.1) is 0 Å². The molecule has 14 heavy (non-hydrogen) atoms. The standard InChI is InChI=1S/C9H9N2O3/c10-8(6-12)4-7-2-1-3-9(5-7)11(13)14/h1-3,5,8H,4,10H2/t8-/m0/s1. The van der Waals surface area contributed by atoms with E-state index in [4.69, 9.17) is 5.73 Å². The second kappa shape index (κ2) is 4.48. The molecule has 1 aromatic carbocycles. The molecule has 1 rings (SSSR count). The van der Waals surface area contributed by atoms with Gasteiger partial charge in [0.2, 0.25) is 6.29 Å². The summed E-state index contributed by atoms with van der Waals surface area (Å²) in [6.07, 6.45) is 1.89. The maximum absolute atomic E-state index is 10.4. The average molecular weight is 193 g/mol. The fourth-order valence-corrected chi connectivity index (χ4v) is 1.09. The molecule has 0 aliphatic carbocycles. The molecule has 0 unspecified atom stereocenters. The van der Waals surface area contributed by atoms with Crippen molar-refractivity contribution >= 4 is 12.0 Å². The van der Waals surface area contributed by atoms with Crippen LogP contribution in [0.2, 0.25) is 0 Å². The zero-order valence-corrected chi connectivity index (χ0v) is 7.34. The van der Waals surface area contributed by atoms with Gasteiger partial charge in [0.05, 0.1) is 11.0 Å². The highest BCUT2D eigenvalue weighted by atomic mass is 16.6. The second-order valence-corrected chi connectivity index (χ2v) is 2.86. The fourth-order valence-electron chi connectivity index (χ4n) is 1.09. The van der Waals surface area contributed by atoms with Crippen LogP contribution < -0.4 is 5.73 Å². The summed E-state index contributed by atoms with van der Waals surface area (Å²) < 4.78 is 0. The Morgan fingerprint density at radius 3 is 2.86 bits per heavy atom. The lowest BCUT2D eigenvalue weighted by Gasteiger charge is -2.02. The molecule has 0 saturated heterocycles. The molecule has 1 radical (unpaired) electrons. The van der Waals surface area contributed by atoms with Crippen molar-refractivity contribution in [3.63, 3.8) is 0 Å². The number of nitro benzene ring substituents is 1. The Bertz CT molecular complexity index is 352. The van der Waals surface area contributed by atoms with Crippen LogP contribution in [0.1, 0.15) is 5.56 Å². The van der Waals surface area contributed by atoms with Crippen molar-refractivity contribution in [1.82, 2.24) is 0 Å². The molecule has 0 saturated carbocycles. The molecule has 1 aromatic rings. The Balaban J connectivity index is 2.83. The van der Waals surface area contributed by atoms with Gasteiger partial charge in [0.15, 0.2) is 0 Å². The Hall–Kier alpha value is -1.75. The molecule has 0 aromatic heterocycles. The van der Waals surface area contributed by atoms with Crippen LogP contribution in [0.3, 0.4) is 0 Å². The third-order valence-corrected chi connectivity index (χ3v) is 1.73. The summed E-state index contributed by atoms with van der Waals surface area (Å²) >= 11 is 0. The quantitative estimate of drug-likeness (QED) is 0.559. The van der Waals surface area contributed by atoms with Gasteiger partial charge in [-0.2, -0.15) is 0 Å². The minimum absolute atomic E-state index is 0.000555. The van der Waals surface area contributed by atoms with E-state index in [1.165, 1.54) is 12.1 Å². The van der Waals surface area contributed by atoms with E-state index in [2.05, 4.69) is 0 Å². The topological polar surface area (TPSA) is 86.2 Å². The van der Waals surface area contributed by atoms with Crippen LogP contribution in [0.15, 0.2) is 24.3 Å². The molecule has 1 atom stereocenters. The molecule has 2 N–H and O–H groups in total. The maximum Gasteiger partial charge on any atom is 0.269 e. The first-order chi connectivity index (χ1) is 6.63. The Labute approximate surface area is 80.7 Å². The number of nitrogens with two attached hydrogens (primary N) is 1. The Kier molecular flexibility index (Phi) is 3.30. The van der Waals surface area contributed by atoms with E-state index in [1.54, 1.807) is 18.4 Å². The van der Waals surface area contributed by atoms with E-state index in [0.29, 0.717) is 5.56 Å². The number of carbonyl (C=O) groups excluding carboxylic acids is 1. The normalized spacial score (nSPS) is 12.1. The van der Waals surface area contributed by atoms with E-state index in [9.17, 15) is 14.9 Å². The van der Waals surface area contributed by atoms with Crippen LogP contribution in [-0.2, 0) is 11.2 Å². The first-order valence-corrected chi connectivity index (χ1v) is 4.00. The van der Waals surface area contributed by atoms with Crippen LogP contribution in [0.4, 0.5) is 5.69 Å². The summed E-state index contributed by atoms with van der Waals surface area (Å²) in [5.74, 6) is 0. The molecule has 5 nitrogen and oxygen atoms in total. The minimum Gasteiger partial charge on any atom is -0.321 e. The van der Waals surface area contributed by atoms with E-state index in [1.807, 2.05) is 0 Å². The van der Waals surface area contributed by atoms with Gasteiger partial charge in [-0.25, -0.2) is 0 Å². The van der Waals surface area contributed by atoms with Crippen molar-refractivity contribution in [2.24, 2.45) is 5.73 Å². The second-order valence-electron chi connectivity index (χ2n) is 2.86. The lowest BCUT2D eigenvalue weighted by Crippen LogP contribution is -2.23. The highest BCUT2D eigenvalue weighted by Crippen LogP contribution is 2.13. The largest absolute Gasteiger partial charge is 0.321 e. The lowest BCUT2D eigenvalue weighted by molar-refractivity contribution is -0.384. The van der Waals surface area contributed by atoms with Gasteiger partial charge in [-0.05, 0) is 12.0 Å². The van der Waals surface area contributed by atoms with Crippen molar-refractivity contribution in [2.45, 2.75) is 12.5 Å². The highest BCUT2D eigenvalue weighted by Gasteiger charge is 2.08. The third-order valence-electron chi connectivity index (χ3n) is 1.73. The predicted molar refractivity (Wildman–Crippen MR) is 50.5 cm³/mol. The number of hydrogen-bond donors (Lipinski definition) is 1. The zero-order chi connectivity index (χ0) is 10.6. The van der Waals surface area contributed by atoms with Gasteiger partial charge < -0.3 is 5.73 Å². The Morgan fingerprint density at radius 2 is 2.29 bits per heavy atom. The van der Waals surface area contributed by atoms with Crippen LogP contribution in [0, 0.1) is 10.1 Å². The molecular weight excluding hydrogens is 184 g/mol. The molecule has 0 aliphatic rings. The van der Waals surface area contributed by atoms with E-state index in [-0.39, 0.29) is 12.1 Å². The summed E-state index contributed by atoms with van der Waals surface area (Å²) in [7, 11) is 0. The fraction of sp³-hybridized carbons (Fsp3) is 0.222. The molecule has 0 fully saturated rings. The van der Waals surface area contributed by atoms with Crippen LogP contribution in [0.5, 0.6) is 0 Å². The van der Waals surface area contributed by atoms with Gasteiger partial charge in [-0.3, -0.25) is 14.9 Å². The molecular formula is C9H9N2O3. The van der Waals surface area contributed by atoms with Crippen molar-refractivity contribution in [3.8, 4) is 0 Å². The maximum atomic E-state index is 10.4. The number of rotatable bonds is 4. The molecule has 0 heterocycles. The summed E-state index contributed by atoms with van der Waals surface area (Å²) in [4.78, 5) is 20.1. The minimum atomic E-state index is -0.725. The molecule has 0 bridgehead atoms. The van der Waals surface area contributed by atoms with Crippen molar-refractivity contribution in [3.05, 3.63) is 39.9 Å². The van der Waals surface area contributed by atoms with Crippen molar-refractivity contribution in [2.75, 3.05) is 0 Å². The van der Waals surface area contributed by atoms with Gasteiger partial charge in [-0.1, -0.05) is 12.1 Å². The lowest BCUT2D eigenvalue weighted by atomic mass is 10.1. The third kappa shape index (κ3) is 2.63. The van der Waals surface area contributed by atoms with Crippen molar-refractivity contribution < 1.29 is 9.72 Å². The number of nitro groups is 1. The number of hydrogen-bond acceptors (Lipinski definition) is 4. The van der Waals surface area contributed by atoms with Crippen LogP contribution in [0.25, 0.3) is 0 Å².